The number of methoxy groups -OCH3 is 1. The Morgan fingerprint density at radius 3 is 2.57 bits per heavy atom. The lowest BCUT2D eigenvalue weighted by atomic mass is 9.99. The van der Waals surface area contributed by atoms with Crippen LogP contribution in [0.5, 0.6) is 5.75 Å². The van der Waals surface area contributed by atoms with Gasteiger partial charge in [0.1, 0.15) is 5.75 Å². The SMILES string of the molecule is CN=C(NCCc1ccc(OC)cc1)NCc1ccc2c(c1)CCCN2C.I. The van der Waals surface area contributed by atoms with E-state index in [0.29, 0.717) is 0 Å². The van der Waals surface area contributed by atoms with E-state index in [1.807, 2.05) is 19.2 Å². The topological polar surface area (TPSA) is 48.9 Å². The number of nitrogens with one attached hydrogen (secondary N) is 2. The summed E-state index contributed by atoms with van der Waals surface area (Å²) in [6.07, 6.45) is 3.34. The van der Waals surface area contributed by atoms with Crippen molar-refractivity contribution in [1.29, 1.82) is 0 Å². The van der Waals surface area contributed by atoms with Crippen molar-refractivity contribution in [1.82, 2.24) is 10.6 Å². The number of hydrogen-bond donors (Lipinski definition) is 2. The van der Waals surface area contributed by atoms with Crippen LogP contribution in [-0.4, -0.2) is 40.3 Å². The Balaban J connectivity index is 0.00000280. The summed E-state index contributed by atoms with van der Waals surface area (Å²) in [7, 11) is 5.67. The van der Waals surface area contributed by atoms with Crippen LogP contribution in [0.25, 0.3) is 0 Å². The Labute approximate surface area is 185 Å². The van der Waals surface area contributed by atoms with Gasteiger partial charge in [-0.15, -0.1) is 24.0 Å². The molecule has 0 aromatic heterocycles. The summed E-state index contributed by atoms with van der Waals surface area (Å²) in [6.45, 7) is 2.76. The van der Waals surface area contributed by atoms with Gasteiger partial charge in [-0.1, -0.05) is 24.3 Å². The van der Waals surface area contributed by atoms with Crippen molar-refractivity contribution in [3.05, 3.63) is 59.2 Å². The van der Waals surface area contributed by atoms with Gasteiger partial charge in [-0.25, -0.2) is 0 Å². The third-order valence-electron chi connectivity index (χ3n) is 5.04. The maximum atomic E-state index is 5.20. The van der Waals surface area contributed by atoms with E-state index in [9.17, 15) is 0 Å². The number of rotatable bonds is 6. The summed E-state index contributed by atoms with van der Waals surface area (Å²) in [5, 5.41) is 6.80. The van der Waals surface area contributed by atoms with Gasteiger partial charge in [-0.2, -0.15) is 0 Å². The highest BCUT2D eigenvalue weighted by molar-refractivity contribution is 14.0. The molecule has 0 spiro atoms. The monoisotopic (exact) mass is 494 g/mol. The van der Waals surface area contributed by atoms with E-state index in [2.05, 4.69) is 57.9 Å². The Morgan fingerprint density at radius 1 is 1.11 bits per heavy atom. The minimum atomic E-state index is 0. The molecule has 0 bridgehead atoms. The van der Waals surface area contributed by atoms with Crippen LogP contribution in [-0.2, 0) is 19.4 Å². The van der Waals surface area contributed by atoms with Crippen LogP contribution >= 0.6 is 24.0 Å². The number of fused-ring (bicyclic) bond motifs is 1. The molecule has 0 fully saturated rings. The molecule has 1 heterocycles. The maximum Gasteiger partial charge on any atom is 0.191 e. The van der Waals surface area contributed by atoms with Crippen molar-refractivity contribution in [3.63, 3.8) is 0 Å². The zero-order valence-corrected chi connectivity index (χ0v) is 19.3. The lowest BCUT2D eigenvalue weighted by Crippen LogP contribution is -2.37. The normalized spacial score (nSPS) is 13.4. The van der Waals surface area contributed by atoms with E-state index in [-0.39, 0.29) is 24.0 Å². The first-order valence-electron chi connectivity index (χ1n) is 9.60. The van der Waals surface area contributed by atoms with Crippen LogP contribution in [0, 0.1) is 0 Å². The molecule has 0 amide bonds. The molecule has 2 N–H and O–H groups in total. The zero-order chi connectivity index (χ0) is 19.1. The van der Waals surface area contributed by atoms with Crippen molar-refractivity contribution in [3.8, 4) is 5.75 Å². The lowest BCUT2D eigenvalue weighted by Gasteiger charge is -2.28. The van der Waals surface area contributed by atoms with Gasteiger partial charge in [0.15, 0.2) is 5.96 Å². The number of halogens is 1. The molecule has 1 aliphatic rings. The molecule has 28 heavy (non-hydrogen) atoms. The van der Waals surface area contributed by atoms with Gasteiger partial charge in [0.2, 0.25) is 0 Å². The molecule has 1 aliphatic heterocycles. The molecule has 2 aromatic rings. The summed E-state index contributed by atoms with van der Waals surface area (Å²) in [6, 6.07) is 15.0. The van der Waals surface area contributed by atoms with Gasteiger partial charge in [0.05, 0.1) is 7.11 Å². The second kappa shape index (κ2) is 11.1. The number of hydrogen-bond acceptors (Lipinski definition) is 3. The van der Waals surface area contributed by atoms with E-state index in [4.69, 9.17) is 4.74 Å². The number of benzene rings is 2. The largest absolute Gasteiger partial charge is 0.497 e. The number of guanidine groups is 1. The van der Waals surface area contributed by atoms with Gasteiger partial charge >= 0.3 is 0 Å². The smallest absolute Gasteiger partial charge is 0.191 e. The fraction of sp³-hybridized carbons (Fsp3) is 0.409. The van der Waals surface area contributed by atoms with Gasteiger partial charge in [-0.3, -0.25) is 4.99 Å². The lowest BCUT2D eigenvalue weighted by molar-refractivity contribution is 0.414. The predicted molar refractivity (Wildman–Crippen MR) is 128 cm³/mol. The van der Waals surface area contributed by atoms with Crippen LogP contribution in [0.4, 0.5) is 5.69 Å². The van der Waals surface area contributed by atoms with Crippen LogP contribution in [0.2, 0.25) is 0 Å². The van der Waals surface area contributed by atoms with Gasteiger partial charge < -0.3 is 20.3 Å². The molecule has 3 rings (SSSR count). The number of anilines is 1. The van der Waals surface area contributed by atoms with E-state index in [0.717, 1.165) is 37.8 Å². The molecule has 0 atom stereocenters. The molecule has 2 aromatic carbocycles. The second-order valence-electron chi connectivity index (χ2n) is 6.94. The van der Waals surface area contributed by atoms with Gasteiger partial charge in [0, 0.05) is 39.4 Å². The predicted octanol–water partition coefficient (Wildman–Crippen LogP) is 3.60. The summed E-state index contributed by atoms with van der Waals surface area (Å²) >= 11 is 0. The van der Waals surface area contributed by atoms with E-state index >= 15 is 0 Å². The third kappa shape index (κ3) is 6.02. The van der Waals surface area contributed by atoms with Crippen molar-refractivity contribution in [2.24, 2.45) is 4.99 Å². The van der Waals surface area contributed by atoms with Crippen molar-refractivity contribution >= 4 is 35.6 Å². The molecule has 6 heteroatoms. The van der Waals surface area contributed by atoms with E-state index in [1.165, 1.54) is 35.2 Å². The Kier molecular flexibility index (Phi) is 8.89. The second-order valence-corrected chi connectivity index (χ2v) is 6.94. The molecule has 0 unspecified atom stereocenters. The minimum Gasteiger partial charge on any atom is -0.497 e. The maximum absolute atomic E-state index is 5.20. The van der Waals surface area contributed by atoms with Crippen LogP contribution < -0.4 is 20.3 Å². The van der Waals surface area contributed by atoms with Gasteiger partial charge in [0.25, 0.3) is 0 Å². The Hall–Kier alpha value is -1.96. The summed E-state index contributed by atoms with van der Waals surface area (Å²) in [4.78, 5) is 6.67. The molecule has 0 radical (unpaired) electrons. The molecule has 0 saturated carbocycles. The summed E-state index contributed by atoms with van der Waals surface area (Å²) in [5.41, 5.74) is 5.39. The first-order chi connectivity index (χ1) is 13.2. The van der Waals surface area contributed by atoms with Crippen molar-refractivity contribution in [2.45, 2.75) is 25.8 Å². The average Bonchev–Trinajstić information content (AvgIpc) is 2.71. The molecule has 0 saturated heterocycles. The minimum absolute atomic E-state index is 0. The molecule has 152 valence electrons. The number of ether oxygens (including phenoxy) is 1. The highest BCUT2D eigenvalue weighted by Gasteiger charge is 2.13. The molecular weight excluding hydrogens is 463 g/mol. The zero-order valence-electron chi connectivity index (χ0n) is 17.0. The first kappa shape index (κ1) is 22.3. The van der Waals surface area contributed by atoms with E-state index < -0.39 is 0 Å². The van der Waals surface area contributed by atoms with Gasteiger partial charge in [-0.05, 0) is 54.2 Å². The van der Waals surface area contributed by atoms with Crippen molar-refractivity contribution in [2.75, 3.05) is 39.2 Å². The number of aliphatic imine (C=N–C) groups is 1. The molecular formula is C22H31IN4O. The number of nitrogens with zero attached hydrogens (tertiary/aromatic N) is 2. The first-order valence-corrected chi connectivity index (χ1v) is 9.60. The highest BCUT2D eigenvalue weighted by atomic mass is 127. The fourth-order valence-electron chi connectivity index (χ4n) is 3.47. The average molecular weight is 494 g/mol. The molecule has 0 aliphatic carbocycles. The van der Waals surface area contributed by atoms with Crippen molar-refractivity contribution < 1.29 is 4.74 Å². The molecule has 5 nitrogen and oxygen atoms in total. The fourth-order valence-corrected chi connectivity index (χ4v) is 3.47. The summed E-state index contributed by atoms with van der Waals surface area (Å²) in [5.74, 6) is 1.72. The van der Waals surface area contributed by atoms with Crippen LogP contribution in [0.1, 0.15) is 23.1 Å². The Morgan fingerprint density at radius 2 is 1.86 bits per heavy atom. The van der Waals surface area contributed by atoms with E-state index in [1.54, 1.807) is 7.11 Å². The van der Waals surface area contributed by atoms with Crippen LogP contribution in [0.3, 0.4) is 0 Å². The number of aryl methyl sites for hydroxylation is 1. The van der Waals surface area contributed by atoms with Crippen LogP contribution in [0.15, 0.2) is 47.5 Å². The highest BCUT2D eigenvalue weighted by Crippen LogP contribution is 2.26. The Bertz CT molecular complexity index is 777. The quantitative estimate of drug-likeness (QED) is 0.366. The third-order valence-corrected chi connectivity index (χ3v) is 5.04. The standard InChI is InChI=1S/C22H30N4O.HI/c1-23-22(24-13-12-17-6-9-20(27-3)10-7-17)25-16-18-8-11-21-19(15-18)5-4-14-26(21)2;/h6-11,15H,4-5,12-14,16H2,1-3H3,(H2,23,24,25);1H. The summed E-state index contributed by atoms with van der Waals surface area (Å²) < 4.78 is 5.20.